The molecule has 0 unspecified atom stereocenters. The first-order chi connectivity index (χ1) is 8.06. The Morgan fingerprint density at radius 1 is 1.53 bits per heavy atom. The lowest BCUT2D eigenvalue weighted by atomic mass is 10.2. The van der Waals surface area contributed by atoms with E-state index >= 15 is 0 Å². The lowest BCUT2D eigenvalue weighted by molar-refractivity contribution is 0.608. The molecule has 1 aromatic rings. The van der Waals surface area contributed by atoms with Crippen LogP contribution in [0.2, 0.25) is 5.15 Å². The molecule has 1 aromatic heterocycles. The first-order valence-electron chi connectivity index (χ1n) is 5.44. The highest BCUT2D eigenvalue weighted by molar-refractivity contribution is 6.32. The molecule has 92 valence electrons. The topological polar surface area (TPSA) is 78.8 Å². The van der Waals surface area contributed by atoms with Crippen molar-refractivity contribution in [2.45, 2.75) is 20.3 Å². The second-order valence-electron chi connectivity index (χ2n) is 4.15. The predicted octanol–water partition coefficient (Wildman–Crippen LogP) is 2.09. The average Bonchev–Trinajstić information content (AvgIpc) is 2.28. The maximum absolute atomic E-state index is 8.65. The largest absolute Gasteiger partial charge is 0.393 e. The van der Waals surface area contributed by atoms with E-state index in [1.807, 2.05) is 4.90 Å². The van der Waals surface area contributed by atoms with Gasteiger partial charge in [0.25, 0.3) is 0 Å². The number of nitriles is 1. The fraction of sp³-hybridized carbons (Fsp3) is 0.545. The number of nitrogens with zero attached hydrogens (tertiary/aromatic N) is 4. The van der Waals surface area contributed by atoms with E-state index in [4.69, 9.17) is 22.6 Å². The van der Waals surface area contributed by atoms with Crippen LogP contribution in [0.25, 0.3) is 0 Å². The van der Waals surface area contributed by atoms with E-state index in [-0.39, 0.29) is 5.15 Å². The molecule has 0 saturated carbocycles. The molecule has 0 fully saturated rings. The number of hydrogen-bond donors (Lipinski definition) is 1. The van der Waals surface area contributed by atoms with Gasteiger partial charge in [-0.2, -0.15) is 5.26 Å². The van der Waals surface area contributed by atoms with Crippen LogP contribution in [-0.2, 0) is 0 Å². The van der Waals surface area contributed by atoms with Gasteiger partial charge in [-0.05, 0) is 5.92 Å². The van der Waals surface area contributed by atoms with Gasteiger partial charge >= 0.3 is 0 Å². The van der Waals surface area contributed by atoms with Gasteiger partial charge in [0.1, 0.15) is 12.0 Å². The second-order valence-corrected chi connectivity index (χ2v) is 4.51. The van der Waals surface area contributed by atoms with Crippen molar-refractivity contribution in [1.29, 1.82) is 5.26 Å². The van der Waals surface area contributed by atoms with Gasteiger partial charge in [-0.15, -0.1) is 0 Å². The summed E-state index contributed by atoms with van der Waals surface area (Å²) in [4.78, 5) is 9.93. The maximum Gasteiger partial charge on any atom is 0.157 e. The number of anilines is 2. The Kier molecular flexibility index (Phi) is 4.98. The first-order valence-corrected chi connectivity index (χ1v) is 5.82. The van der Waals surface area contributed by atoms with Crippen LogP contribution in [0.15, 0.2) is 6.33 Å². The van der Waals surface area contributed by atoms with Crippen LogP contribution < -0.4 is 10.6 Å². The fourth-order valence-corrected chi connectivity index (χ4v) is 1.66. The van der Waals surface area contributed by atoms with E-state index in [2.05, 4.69) is 29.9 Å². The summed E-state index contributed by atoms with van der Waals surface area (Å²) in [5, 5.41) is 8.90. The van der Waals surface area contributed by atoms with Crippen molar-refractivity contribution in [1.82, 2.24) is 9.97 Å². The van der Waals surface area contributed by atoms with Gasteiger partial charge in [-0.1, -0.05) is 25.4 Å². The minimum atomic E-state index is 0.251. The van der Waals surface area contributed by atoms with Crippen molar-refractivity contribution in [3.63, 3.8) is 0 Å². The third kappa shape index (κ3) is 3.75. The summed E-state index contributed by atoms with van der Waals surface area (Å²) in [6.07, 6.45) is 1.81. The highest BCUT2D eigenvalue weighted by Crippen LogP contribution is 2.26. The molecule has 0 atom stereocenters. The zero-order chi connectivity index (χ0) is 12.8. The molecule has 0 saturated heterocycles. The van der Waals surface area contributed by atoms with Gasteiger partial charge < -0.3 is 10.6 Å². The fourth-order valence-electron chi connectivity index (χ4n) is 1.53. The summed E-state index contributed by atoms with van der Waals surface area (Å²) in [6, 6.07) is 2.12. The lowest BCUT2D eigenvalue weighted by Crippen LogP contribution is -2.30. The number of hydrogen-bond acceptors (Lipinski definition) is 5. The number of halogens is 1. The van der Waals surface area contributed by atoms with Crippen molar-refractivity contribution in [2.24, 2.45) is 5.92 Å². The normalized spacial score (nSPS) is 10.3. The number of nitrogens with two attached hydrogens (primary N) is 1. The van der Waals surface area contributed by atoms with E-state index in [1.165, 1.54) is 6.33 Å². The summed E-state index contributed by atoms with van der Waals surface area (Å²) in [5.74, 6) is 1.05. The molecule has 0 amide bonds. The molecule has 0 aliphatic heterocycles. The molecular formula is C11H16ClN5. The minimum Gasteiger partial charge on any atom is -0.393 e. The molecule has 1 heterocycles. The van der Waals surface area contributed by atoms with Crippen molar-refractivity contribution < 1.29 is 0 Å². The molecule has 0 aliphatic carbocycles. The van der Waals surface area contributed by atoms with Crippen molar-refractivity contribution >= 4 is 23.1 Å². The zero-order valence-electron chi connectivity index (χ0n) is 10.0. The van der Waals surface area contributed by atoms with Gasteiger partial charge in [0.15, 0.2) is 11.0 Å². The molecule has 5 nitrogen and oxygen atoms in total. The highest BCUT2D eigenvalue weighted by Gasteiger charge is 2.15. The molecule has 17 heavy (non-hydrogen) atoms. The maximum atomic E-state index is 8.65. The van der Waals surface area contributed by atoms with E-state index in [0.29, 0.717) is 30.4 Å². The molecule has 6 heteroatoms. The van der Waals surface area contributed by atoms with E-state index < -0.39 is 0 Å². The number of rotatable bonds is 5. The highest BCUT2D eigenvalue weighted by atomic mass is 35.5. The van der Waals surface area contributed by atoms with Gasteiger partial charge in [-0.25, -0.2) is 9.97 Å². The minimum absolute atomic E-state index is 0.251. The first kappa shape index (κ1) is 13.5. The average molecular weight is 254 g/mol. The Balaban J connectivity index is 2.95. The quantitative estimate of drug-likeness (QED) is 0.813. The Morgan fingerprint density at radius 2 is 2.24 bits per heavy atom. The lowest BCUT2D eigenvalue weighted by Gasteiger charge is -2.25. The number of nitrogen functional groups attached to an aromatic ring is 1. The third-order valence-electron chi connectivity index (χ3n) is 2.19. The molecule has 0 bridgehead atoms. The Labute approximate surface area is 106 Å². The number of aromatic nitrogens is 2. The van der Waals surface area contributed by atoms with E-state index in [9.17, 15) is 0 Å². The van der Waals surface area contributed by atoms with E-state index in [0.717, 1.165) is 6.54 Å². The molecular weight excluding hydrogens is 238 g/mol. The van der Waals surface area contributed by atoms with Gasteiger partial charge in [0, 0.05) is 13.1 Å². The second kappa shape index (κ2) is 6.26. The SMILES string of the molecule is CC(C)CN(CCC#N)c1ncnc(Cl)c1N. The van der Waals surface area contributed by atoms with Crippen LogP contribution in [0.1, 0.15) is 20.3 Å². The monoisotopic (exact) mass is 253 g/mol. The molecule has 0 aromatic carbocycles. The van der Waals surface area contributed by atoms with Crippen LogP contribution in [0.4, 0.5) is 11.5 Å². The Bertz CT molecular complexity index is 413. The summed E-state index contributed by atoms with van der Waals surface area (Å²) >= 11 is 5.86. The molecule has 0 radical (unpaired) electrons. The Hall–Kier alpha value is -1.54. The van der Waals surface area contributed by atoms with Crippen molar-refractivity contribution in [3.05, 3.63) is 11.5 Å². The summed E-state index contributed by atoms with van der Waals surface area (Å²) in [7, 11) is 0. The zero-order valence-corrected chi connectivity index (χ0v) is 10.8. The van der Waals surface area contributed by atoms with Crippen LogP contribution in [0.3, 0.4) is 0 Å². The summed E-state index contributed by atoms with van der Waals surface area (Å²) in [5.41, 5.74) is 6.22. The summed E-state index contributed by atoms with van der Waals surface area (Å²) < 4.78 is 0. The van der Waals surface area contributed by atoms with Crippen LogP contribution in [0.5, 0.6) is 0 Å². The Morgan fingerprint density at radius 3 is 2.82 bits per heavy atom. The van der Waals surface area contributed by atoms with Crippen molar-refractivity contribution in [3.8, 4) is 6.07 Å². The van der Waals surface area contributed by atoms with E-state index in [1.54, 1.807) is 0 Å². The van der Waals surface area contributed by atoms with Crippen molar-refractivity contribution in [2.75, 3.05) is 23.7 Å². The molecule has 0 aliphatic rings. The molecule has 0 spiro atoms. The van der Waals surface area contributed by atoms with Crippen LogP contribution in [-0.4, -0.2) is 23.1 Å². The van der Waals surface area contributed by atoms with Gasteiger partial charge in [0.2, 0.25) is 0 Å². The standard InChI is InChI=1S/C11H16ClN5/c1-8(2)6-17(5-3-4-13)11-9(14)10(12)15-7-16-11/h7-8H,3,5-6,14H2,1-2H3. The van der Waals surface area contributed by atoms with Crippen LogP contribution in [0, 0.1) is 17.2 Å². The summed E-state index contributed by atoms with van der Waals surface area (Å²) in [6.45, 7) is 5.56. The molecule has 2 N–H and O–H groups in total. The predicted molar refractivity (Wildman–Crippen MR) is 68.7 cm³/mol. The van der Waals surface area contributed by atoms with Crippen LogP contribution >= 0.6 is 11.6 Å². The van der Waals surface area contributed by atoms with Gasteiger partial charge in [0.05, 0.1) is 12.5 Å². The smallest absolute Gasteiger partial charge is 0.157 e. The molecule has 1 rings (SSSR count). The third-order valence-corrected chi connectivity index (χ3v) is 2.49. The van der Waals surface area contributed by atoms with Gasteiger partial charge in [-0.3, -0.25) is 0 Å².